The summed E-state index contributed by atoms with van der Waals surface area (Å²) in [6, 6.07) is 16.3. The van der Waals surface area contributed by atoms with Gasteiger partial charge in [0.25, 0.3) is 5.91 Å². The summed E-state index contributed by atoms with van der Waals surface area (Å²) in [5, 5.41) is 12.0. The summed E-state index contributed by atoms with van der Waals surface area (Å²) < 4.78 is 5.18. The van der Waals surface area contributed by atoms with Crippen LogP contribution >= 0.6 is 11.8 Å². The van der Waals surface area contributed by atoms with Gasteiger partial charge in [-0.1, -0.05) is 49.9 Å². The van der Waals surface area contributed by atoms with Gasteiger partial charge in [0.2, 0.25) is 0 Å². The van der Waals surface area contributed by atoms with Gasteiger partial charge in [-0.25, -0.2) is 4.79 Å². The summed E-state index contributed by atoms with van der Waals surface area (Å²) in [6.45, 7) is 5.58. The molecule has 0 heterocycles. The average molecular weight is 382 g/mol. The molecule has 2 aromatic carbocycles. The number of hydrogen-bond acceptors (Lipinski definition) is 5. The molecule has 0 aliphatic carbocycles. The first kappa shape index (κ1) is 20.5. The van der Waals surface area contributed by atoms with Crippen LogP contribution in [0.3, 0.4) is 0 Å². The topological polar surface area (TPSA) is 79.2 Å². The van der Waals surface area contributed by atoms with Crippen molar-refractivity contribution < 1.29 is 14.3 Å². The van der Waals surface area contributed by atoms with E-state index in [9.17, 15) is 14.9 Å². The van der Waals surface area contributed by atoms with Gasteiger partial charge in [-0.15, -0.1) is 0 Å². The van der Waals surface area contributed by atoms with Crippen molar-refractivity contribution in [2.75, 3.05) is 6.61 Å². The molecular formula is C21H22N2O3S. The van der Waals surface area contributed by atoms with Crippen LogP contribution in [0.2, 0.25) is 0 Å². The standard InChI is InChI=1S/C21H22N2O3S/c1-14(2)15(3)23-20(24)13-26-21(25)17-9-5-7-11-19(17)27-18-10-6-4-8-16(18)12-22/h4-11,14-15H,13H2,1-3H3,(H,23,24)/t15-/m1/s1. The highest BCUT2D eigenvalue weighted by atomic mass is 32.2. The Bertz CT molecular complexity index is 859. The minimum Gasteiger partial charge on any atom is -0.452 e. The molecule has 0 fully saturated rings. The fourth-order valence-corrected chi connectivity index (χ4v) is 3.18. The van der Waals surface area contributed by atoms with Gasteiger partial charge in [0.1, 0.15) is 6.07 Å². The normalized spacial score (nSPS) is 11.5. The molecule has 0 saturated heterocycles. The summed E-state index contributed by atoms with van der Waals surface area (Å²) in [5.41, 5.74) is 0.896. The van der Waals surface area contributed by atoms with Crippen LogP contribution in [0.1, 0.15) is 36.7 Å². The maximum Gasteiger partial charge on any atom is 0.339 e. The molecule has 1 atom stereocenters. The predicted octanol–water partition coefficient (Wildman–Crippen LogP) is 4.03. The number of benzene rings is 2. The fourth-order valence-electron chi connectivity index (χ4n) is 2.16. The predicted molar refractivity (Wildman–Crippen MR) is 104 cm³/mol. The molecule has 5 nitrogen and oxygen atoms in total. The van der Waals surface area contributed by atoms with Crippen LogP contribution in [0.25, 0.3) is 0 Å². The smallest absolute Gasteiger partial charge is 0.339 e. The van der Waals surface area contributed by atoms with E-state index in [2.05, 4.69) is 11.4 Å². The number of nitrogens with zero attached hydrogens (tertiary/aromatic N) is 1. The van der Waals surface area contributed by atoms with Crippen molar-refractivity contribution in [2.24, 2.45) is 5.92 Å². The zero-order valence-electron chi connectivity index (χ0n) is 15.6. The van der Waals surface area contributed by atoms with Crippen molar-refractivity contribution in [1.82, 2.24) is 5.32 Å². The summed E-state index contributed by atoms with van der Waals surface area (Å²) >= 11 is 1.32. The largest absolute Gasteiger partial charge is 0.452 e. The molecule has 0 spiro atoms. The minimum absolute atomic E-state index is 0.00141. The van der Waals surface area contributed by atoms with Crippen LogP contribution in [0, 0.1) is 17.2 Å². The van der Waals surface area contributed by atoms with E-state index in [-0.39, 0.29) is 18.6 Å². The van der Waals surface area contributed by atoms with Gasteiger partial charge in [0, 0.05) is 15.8 Å². The molecule has 140 valence electrons. The quantitative estimate of drug-likeness (QED) is 0.732. The number of amides is 1. The lowest BCUT2D eigenvalue weighted by molar-refractivity contribution is -0.125. The number of nitrogens with one attached hydrogen (secondary N) is 1. The molecule has 0 saturated carbocycles. The van der Waals surface area contributed by atoms with Gasteiger partial charge in [-0.05, 0) is 37.1 Å². The third kappa shape index (κ3) is 5.87. The Hall–Kier alpha value is -2.78. The third-order valence-electron chi connectivity index (χ3n) is 4.06. The highest BCUT2D eigenvalue weighted by Gasteiger charge is 2.17. The molecule has 0 aromatic heterocycles. The first-order valence-electron chi connectivity index (χ1n) is 8.65. The number of nitriles is 1. The summed E-state index contributed by atoms with van der Waals surface area (Å²) in [5.74, 6) is -0.605. The second-order valence-electron chi connectivity index (χ2n) is 6.38. The Kier molecular flexibility index (Phi) is 7.44. The van der Waals surface area contributed by atoms with Gasteiger partial charge >= 0.3 is 5.97 Å². The van der Waals surface area contributed by atoms with Crippen molar-refractivity contribution >= 4 is 23.6 Å². The average Bonchev–Trinajstić information content (AvgIpc) is 2.66. The van der Waals surface area contributed by atoms with Crippen LogP contribution in [0.15, 0.2) is 58.3 Å². The van der Waals surface area contributed by atoms with E-state index in [4.69, 9.17) is 4.74 Å². The highest BCUT2D eigenvalue weighted by Crippen LogP contribution is 2.32. The monoisotopic (exact) mass is 382 g/mol. The highest BCUT2D eigenvalue weighted by molar-refractivity contribution is 7.99. The molecule has 0 aliphatic heterocycles. The Morgan fingerprint density at radius 3 is 2.37 bits per heavy atom. The van der Waals surface area contributed by atoms with E-state index in [0.717, 1.165) is 4.90 Å². The van der Waals surface area contributed by atoms with E-state index in [1.54, 1.807) is 30.3 Å². The lowest BCUT2D eigenvalue weighted by Crippen LogP contribution is -2.38. The molecule has 0 unspecified atom stereocenters. The van der Waals surface area contributed by atoms with E-state index in [1.165, 1.54) is 11.8 Å². The zero-order valence-corrected chi connectivity index (χ0v) is 16.4. The first-order chi connectivity index (χ1) is 12.9. The van der Waals surface area contributed by atoms with E-state index in [0.29, 0.717) is 21.9 Å². The second-order valence-corrected chi connectivity index (χ2v) is 7.47. The number of carbonyl (C=O) groups is 2. The number of ether oxygens (including phenoxy) is 1. The van der Waals surface area contributed by atoms with E-state index < -0.39 is 5.97 Å². The molecule has 0 bridgehead atoms. The zero-order chi connectivity index (χ0) is 19.8. The maximum absolute atomic E-state index is 12.5. The molecule has 1 N–H and O–H groups in total. The lowest BCUT2D eigenvalue weighted by Gasteiger charge is -2.17. The molecule has 2 rings (SSSR count). The van der Waals surface area contributed by atoms with Crippen molar-refractivity contribution in [1.29, 1.82) is 5.26 Å². The van der Waals surface area contributed by atoms with Crippen molar-refractivity contribution in [3.05, 3.63) is 59.7 Å². The maximum atomic E-state index is 12.5. The molecule has 0 radical (unpaired) electrons. The van der Waals surface area contributed by atoms with Gasteiger partial charge in [0.15, 0.2) is 6.61 Å². The van der Waals surface area contributed by atoms with Crippen molar-refractivity contribution in [3.8, 4) is 6.07 Å². The second kappa shape index (κ2) is 9.79. The molecule has 27 heavy (non-hydrogen) atoms. The number of carbonyl (C=O) groups excluding carboxylic acids is 2. The number of rotatable bonds is 7. The number of esters is 1. The van der Waals surface area contributed by atoms with Crippen LogP contribution in [-0.4, -0.2) is 24.5 Å². The van der Waals surface area contributed by atoms with Crippen molar-refractivity contribution in [3.63, 3.8) is 0 Å². The Morgan fingerprint density at radius 1 is 1.07 bits per heavy atom. The van der Waals surface area contributed by atoms with E-state index >= 15 is 0 Å². The van der Waals surface area contributed by atoms with Gasteiger partial charge in [-0.2, -0.15) is 5.26 Å². The molecule has 2 aromatic rings. The van der Waals surface area contributed by atoms with Gasteiger partial charge in [-0.3, -0.25) is 4.79 Å². The van der Waals surface area contributed by atoms with Gasteiger partial charge < -0.3 is 10.1 Å². The Labute approximate surface area is 163 Å². The third-order valence-corrected chi connectivity index (χ3v) is 5.21. The van der Waals surface area contributed by atoms with Crippen LogP contribution in [0.5, 0.6) is 0 Å². The lowest BCUT2D eigenvalue weighted by atomic mass is 10.1. The van der Waals surface area contributed by atoms with Crippen LogP contribution < -0.4 is 5.32 Å². The summed E-state index contributed by atoms with van der Waals surface area (Å²) in [7, 11) is 0. The Morgan fingerprint density at radius 2 is 1.70 bits per heavy atom. The van der Waals surface area contributed by atoms with Crippen molar-refractivity contribution in [2.45, 2.75) is 36.6 Å². The van der Waals surface area contributed by atoms with Gasteiger partial charge in [0.05, 0.1) is 11.1 Å². The summed E-state index contributed by atoms with van der Waals surface area (Å²) in [4.78, 5) is 25.8. The SMILES string of the molecule is CC(C)[C@@H](C)NC(=O)COC(=O)c1ccccc1Sc1ccccc1C#N. The molecule has 0 aliphatic rings. The minimum atomic E-state index is -0.570. The molecule has 1 amide bonds. The van der Waals surface area contributed by atoms with E-state index in [1.807, 2.05) is 39.0 Å². The Balaban J connectivity index is 2.07. The van der Waals surface area contributed by atoms with Crippen LogP contribution in [0.4, 0.5) is 0 Å². The molecular weight excluding hydrogens is 360 g/mol. The first-order valence-corrected chi connectivity index (χ1v) is 9.46. The number of hydrogen-bond donors (Lipinski definition) is 1. The fraction of sp³-hybridized carbons (Fsp3) is 0.286. The van der Waals surface area contributed by atoms with Crippen LogP contribution in [-0.2, 0) is 9.53 Å². The summed E-state index contributed by atoms with van der Waals surface area (Å²) in [6.07, 6.45) is 0. The molecule has 6 heteroatoms.